The molecule has 2 aromatic carbocycles. The fourth-order valence-corrected chi connectivity index (χ4v) is 3.20. The second kappa shape index (κ2) is 9.26. The van der Waals surface area contributed by atoms with Crippen LogP contribution in [-0.4, -0.2) is 32.2 Å². The SMILES string of the molecule is COc1cc(C(COCc2ccccc2)NC(=O)OC(C)(C)C)c2c(c1C)OCO2. The van der Waals surface area contributed by atoms with Gasteiger partial charge in [-0.2, -0.15) is 0 Å². The van der Waals surface area contributed by atoms with E-state index in [1.54, 1.807) is 7.11 Å². The van der Waals surface area contributed by atoms with Crippen molar-refractivity contribution >= 4 is 6.09 Å². The van der Waals surface area contributed by atoms with Gasteiger partial charge in [-0.1, -0.05) is 30.3 Å². The molecule has 1 amide bonds. The molecule has 1 aliphatic heterocycles. The highest BCUT2D eigenvalue weighted by molar-refractivity contribution is 5.69. The van der Waals surface area contributed by atoms with Crippen molar-refractivity contribution in [1.29, 1.82) is 0 Å². The molecule has 0 saturated heterocycles. The third-order valence-corrected chi connectivity index (χ3v) is 4.55. The topological polar surface area (TPSA) is 75.3 Å². The summed E-state index contributed by atoms with van der Waals surface area (Å²) in [7, 11) is 1.59. The molecule has 1 N–H and O–H groups in total. The number of hydrogen-bond donors (Lipinski definition) is 1. The van der Waals surface area contributed by atoms with Crippen molar-refractivity contribution in [1.82, 2.24) is 5.32 Å². The average molecular weight is 415 g/mol. The first kappa shape index (κ1) is 21.8. The second-order valence-corrected chi connectivity index (χ2v) is 8.06. The molecule has 1 unspecified atom stereocenters. The second-order valence-electron chi connectivity index (χ2n) is 8.06. The first-order chi connectivity index (χ1) is 14.3. The maximum Gasteiger partial charge on any atom is 0.408 e. The summed E-state index contributed by atoms with van der Waals surface area (Å²) in [6.07, 6.45) is -0.539. The highest BCUT2D eigenvalue weighted by atomic mass is 16.7. The lowest BCUT2D eigenvalue weighted by atomic mass is 10.0. The number of methoxy groups -OCH3 is 1. The Morgan fingerprint density at radius 2 is 1.87 bits per heavy atom. The molecular weight excluding hydrogens is 386 g/mol. The predicted octanol–water partition coefficient (Wildman–Crippen LogP) is 4.51. The van der Waals surface area contributed by atoms with Gasteiger partial charge in [-0.15, -0.1) is 0 Å². The Bertz CT molecular complexity index is 875. The minimum atomic E-state index is -0.619. The quantitative estimate of drug-likeness (QED) is 0.717. The number of rotatable bonds is 7. The zero-order valence-corrected chi connectivity index (χ0v) is 18.1. The molecular formula is C23H29NO6. The molecule has 30 heavy (non-hydrogen) atoms. The molecule has 7 nitrogen and oxygen atoms in total. The average Bonchev–Trinajstić information content (AvgIpc) is 3.17. The molecule has 3 rings (SSSR count). The first-order valence-electron chi connectivity index (χ1n) is 9.86. The first-order valence-corrected chi connectivity index (χ1v) is 9.86. The van der Waals surface area contributed by atoms with Gasteiger partial charge in [-0.05, 0) is 39.3 Å². The lowest BCUT2D eigenvalue weighted by Crippen LogP contribution is -2.36. The van der Waals surface area contributed by atoms with Crippen LogP contribution in [-0.2, 0) is 16.1 Å². The molecule has 0 fully saturated rings. The minimum absolute atomic E-state index is 0.111. The summed E-state index contributed by atoms with van der Waals surface area (Å²) in [5.74, 6) is 1.84. The highest BCUT2D eigenvalue weighted by Crippen LogP contribution is 2.45. The van der Waals surface area contributed by atoms with E-state index in [1.165, 1.54) is 0 Å². The van der Waals surface area contributed by atoms with E-state index < -0.39 is 17.7 Å². The van der Waals surface area contributed by atoms with Gasteiger partial charge < -0.3 is 29.0 Å². The Balaban J connectivity index is 1.85. The number of carbonyl (C=O) groups excluding carboxylic acids is 1. The van der Waals surface area contributed by atoms with Crippen LogP contribution in [0.3, 0.4) is 0 Å². The van der Waals surface area contributed by atoms with Gasteiger partial charge >= 0.3 is 6.09 Å². The van der Waals surface area contributed by atoms with E-state index in [2.05, 4.69) is 5.32 Å². The summed E-state index contributed by atoms with van der Waals surface area (Å²) in [6, 6.07) is 11.2. The van der Waals surface area contributed by atoms with Gasteiger partial charge in [0, 0.05) is 11.1 Å². The van der Waals surface area contributed by atoms with Crippen molar-refractivity contribution in [3.63, 3.8) is 0 Å². The van der Waals surface area contributed by atoms with Crippen LogP contribution in [0.1, 0.15) is 43.5 Å². The van der Waals surface area contributed by atoms with Crippen molar-refractivity contribution in [3.05, 3.63) is 53.1 Å². The van der Waals surface area contributed by atoms with E-state index in [4.69, 9.17) is 23.7 Å². The summed E-state index contributed by atoms with van der Waals surface area (Å²) in [4.78, 5) is 12.5. The van der Waals surface area contributed by atoms with Crippen LogP contribution in [0.25, 0.3) is 0 Å². The lowest BCUT2D eigenvalue weighted by Gasteiger charge is -2.25. The number of carbonyl (C=O) groups is 1. The van der Waals surface area contributed by atoms with Crippen LogP contribution in [0.15, 0.2) is 36.4 Å². The van der Waals surface area contributed by atoms with E-state index in [0.717, 1.165) is 11.1 Å². The number of amides is 1. The van der Waals surface area contributed by atoms with Gasteiger partial charge in [0.15, 0.2) is 11.5 Å². The van der Waals surface area contributed by atoms with Gasteiger partial charge in [0.05, 0.1) is 26.4 Å². The minimum Gasteiger partial charge on any atom is -0.496 e. The molecule has 1 aliphatic rings. The molecule has 0 aliphatic carbocycles. The van der Waals surface area contributed by atoms with Crippen LogP contribution in [0.2, 0.25) is 0 Å². The van der Waals surface area contributed by atoms with E-state index in [0.29, 0.717) is 29.4 Å². The molecule has 0 aromatic heterocycles. The summed E-state index contributed by atoms with van der Waals surface area (Å²) in [5.41, 5.74) is 1.98. The van der Waals surface area contributed by atoms with Gasteiger partial charge in [0.2, 0.25) is 6.79 Å². The zero-order valence-electron chi connectivity index (χ0n) is 18.1. The summed E-state index contributed by atoms with van der Waals surface area (Å²) >= 11 is 0. The van der Waals surface area contributed by atoms with Crippen molar-refractivity contribution < 1.29 is 28.5 Å². The zero-order chi connectivity index (χ0) is 21.7. The van der Waals surface area contributed by atoms with Crippen molar-refractivity contribution in [2.24, 2.45) is 0 Å². The fourth-order valence-electron chi connectivity index (χ4n) is 3.20. The Morgan fingerprint density at radius 1 is 1.17 bits per heavy atom. The molecule has 2 aromatic rings. The van der Waals surface area contributed by atoms with Crippen LogP contribution in [0.4, 0.5) is 4.79 Å². The number of benzene rings is 2. The molecule has 0 saturated carbocycles. The van der Waals surface area contributed by atoms with Gasteiger partial charge in [-0.3, -0.25) is 0 Å². The van der Waals surface area contributed by atoms with Crippen LogP contribution in [0, 0.1) is 6.92 Å². The third kappa shape index (κ3) is 5.36. The molecule has 0 radical (unpaired) electrons. The van der Waals surface area contributed by atoms with Crippen molar-refractivity contribution in [3.8, 4) is 17.2 Å². The van der Waals surface area contributed by atoms with E-state index in [1.807, 2.05) is 64.1 Å². The van der Waals surface area contributed by atoms with E-state index in [9.17, 15) is 4.79 Å². The van der Waals surface area contributed by atoms with Crippen LogP contribution in [0.5, 0.6) is 17.2 Å². The Morgan fingerprint density at radius 3 is 2.53 bits per heavy atom. The predicted molar refractivity (Wildman–Crippen MR) is 112 cm³/mol. The standard InChI is InChI=1S/C23H29NO6/c1-15-19(26-5)11-17(21-20(15)28-14-29-21)18(24-22(25)30-23(2,3)4)13-27-12-16-9-7-6-8-10-16/h6-11,18H,12-14H2,1-5H3,(H,24,25). The Hall–Kier alpha value is -2.93. The number of alkyl carbamates (subject to hydrolysis) is 1. The maximum absolute atomic E-state index is 12.5. The smallest absolute Gasteiger partial charge is 0.408 e. The van der Waals surface area contributed by atoms with E-state index in [-0.39, 0.29) is 13.4 Å². The van der Waals surface area contributed by atoms with Crippen molar-refractivity contribution in [2.75, 3.05) is 20.5 Å². The number of fused-ring (bicyclic) bond motifs is 1. The van der Waals surface area contributed by atoms with Gasteiger partial charge in [0.1, 0.15) is 11.4 Å². The molecule has 1 heterocycles. The Labute approximate surface area is 177 Å². The van der Waals surface area contributed by atoms with Gasteiger partial charge in [-0.25, -0.2) is 4.79 Å². The van der Waals surface area contributed by atoms with Crippen molar-refractivity contribution in [2.45, 2.75) is 45.9 Å². The Kier molecular flexibility index (Phi) is 6.72. The summed E-state index contributed by atoms with van der Waals surface area (Å²) in [5, 5.41) is 2.90. The van der Waals surface area contributed by atoms with Crippen LogP contribution < -0.4 is 19.5 Å². The number of ether oxygens (including phenoxy) is 5. The monoisotopic (exact) mass is 415 g/mol. The summed E-state index contributed by atoms with van der Waals surface area (Å²) < 4.78 is 28.2. The fraction of sp³-hybridized carbons (Fsp3) is 0.435. The number of hydrogen-bond acceptors (Lipinski definition) is 6. The van der Waals surface area contributed by atoms with Crippen LogP contribution >= 0.6 is 0 Å². The maximum atomic E-state index is 12.5. The largest absolute Gasteiger partial charge is 0.496 e. The third-order valence-electron chi connectivity index (χ3n) is 4.55. The molecule has 0 bridgehead atoms. The summed E-state index contributed by atoms with van der Waals surface area (Å²) in [6.45, 7) is 8.09. The molecule has 162 valence electrons. The molecule has 0 spiro atoms. The lowest BCUT2D eigenvalue weighted by molar-refractivity contribution is 0.0425. The molecule has 7 heteroatoms. The van der Waals surface area contributed by atoms with Gasteiger partial charge in [0.25, 0.3) is 0 Å². The highest BCUT2D eigenvalue weighted by Gasteiger charge is 2.30. The molecule has 1 atom stereocenters. The number of nitrogens with one attached hydrogen (secondary N) is 1. The van der Waals surface area contributed by atoms with E-state index >= 15 is 0 Å². The normalized spacial score (nSPS) is 13.6.